The minimum atomic E-state index is -0.188. The summed E-state index contributed by atoms with van der Waals surface area (Å²) >= 11 is 0. The molecule has 2 amide bonds. The van der Waals surface area contributed by atoms with Gasteiger partial charge in [-0.25, -0.2) is 0 Å². The number of benzene rings is 5. The Hall–Kier alpha value is -6.31. The molecule has 0 bridgehead atoms. The first-order valence-corrected chi connectivity index (χ1v) is 28.7. The van der Waals surface area contributed by atoms with E-state index in [0.29, 0.717) is 106 Å². The van der Waals surface area contributed by atoms with Gasteiger partial charge in [0.15, 0.2) is 23.0 Å². The Labute approximate surface area is 461 Å². The van der Waals surface area contributed by atoms with E-state index in [1.807, 2.05) is 100.0 Å². The van der Waals surface area contributed by atoms with Crippen LogP contribution in [-0.2, 0) is 45.1 Å². The van der Waals surface area contributed by atoms with Crippen LogP contribution in [0.4, 0.5) is 28.4 Å². The third kappa shape index (κ3) is 13.2. The number of amides is 2. The Bertz CT molecular complexity index is 2890. The van der Waals surface area contributed by atoms with Crippen molar-refractivity contribution in [1.29, 1.82) is 0 Å². The first kappa shape index (κ1) is 55.4. The van der Waals surface area contributed by atoms with Gasteiger partial charge in [-0.15, -0.1) is 0 Å². The molecule has 16 nitrogen and oxygen atoms in total. The Kier molecular flexibility index (Phi) is 18.6. The molecule has 0 aliphatic carbocycles. The fourth-order valence-electron chi connectivity index (χ4n) is 10.5. The van der Waals surface area contributed by atoms with Crippen molar-refractivity contribution >= 4 is 68.1 Å². The van der Waals surface area contributed by atoms with Crippen LogP contribution in [0.15, 0.2) is 96.2 Å². The van der Waals surface area contributed by atoms with E-state index >= 15 is 0 Å². The van der Waals surface area contributed by atoms with Gasteiger partial charge in [-0.05, 0) is 105 Å². The fourth-order valence-corrected chi connectivity index (χ4v) is 13.1. The lowest BCUT2D eigenvalue weighted by Crippen LogP contribution is -2.41. The van der Waals surface area contributed by atoms with E-state index in [1.165, 1.54) is 11.1 Å². The molecular formula is C59H72N6O10S2. The number of hydrogen-bond acceptors (Lipinski definition) is 16. The van der Waals surface area contributed by atoms with Crippen LogP contribution < -0.4 is 43.9 Å². The van der Waals surface area contributed by atoms with Gasteiger partial charge in [0.1, 0.15) is 19.8 Å². The number of likely N-dealkylation sites (N-methyl/N-ethyl adjacent to an activating group) is 1. The van der Waals surface area contributed by atoms with Crippen molar-refractivity contribution < 1.29 is 47.6 Å². The molecule has 1 N–H and O–H groups in total. The lowest BCUT2D eigenvalue weighted by atomic mass is 10.1. The summed E-state index contributed by atoms with van der Waals surface area (Å²) in [7, 11) is 10.6. The van der Waals surface area contributed by atoms with E-state index in [2.05, 4.69) is 64.5 Å². The predicted octanol–water partition coefficient (Wildman–Crippen LogP) is 9.94. The van der Waals surface area contributed by atoms with Crippen molar-refractivity contribution in [3.8, 4) is 23.0 Å². The zero-order chi connectivity index (χ0) is 53.9. The molecule has 0 saturated carbocycles. The molecule has 77 heavy (non-hydrogen) atoms. The number of fused-ring (bicyclic) bond motifs is 8. The second-order valence-electron chi connectivity index (χ2n) is 20.1. The zero-order valence-electron chi connectivity index (χ0n) is 45.3. The number of nitrogens with one attached hydrogen (secondary N) is 1. The molecule has 5 aromatic carbocycles. The maximum absolute atomic E-state index is 14.4. The number of carbonyl (C=O) groups is 2. The summed E-state index contributed by atoms with van der Waals surface area (Å²) in [6.07, 6.45) is 4.10. The molecule has 0 saturated heterocycles. The van der Waals surface area contributed by atoms with Crippen LogP contribution in [0.25, 0.3) is 0 Å². The topological polar surface area (TPSA) is 145 Å². The smallest absolute Gasteiger partial charge is 0.260 e. The van der Waals surface area contributed by atoms with Crippen LogP contribution in [0.2, 0.25) is 0 Å². The Balaban J connectivity index is 1.00. The molecule has 2 atom stereocenters. The first-order valence-electron chi connectivity index (χ1n) is 26.4. The van der Waals surface area contributed by atoms with Gasteiger partial charge in [0.2, 0.25) is 0 Å². The Morgan fingerprint density at radius 1 is 0.714 bits per heavy atom. The molecule has 0 radical (unpaired) electrons. The Morgan fingerprint density at radius 2 is 1.32 bits per heavy atom. The van der Waals surface area contributed by atoms with Gasteiger partial charge in [0.25, 0.3) is 11.8 Å². The van der Waals surface area contributed by atoms with Crippen molar-refractivity contribution in [2.75, 3.05) is 125 Å². The predicted molar refractivity (Wildman–Crippen MR) is 309 cm³/mol. The average molecular weight is 1090 g/mol. The average Bonchev–Trinajstić information content (AvgIpc) is 4.02. The van der Waals surface area contributed by atoms with E-state index in [4.69, 9.17) is 38.0 Å². The minimum Gasteiger partial charge on any atom is -0.493 e. The fraction of sp³-hybridized carbons (Fsp3) is 0.441. The van der Waals surface area contributed by atoms with Gasteiger partial charge in [0.05, 0.1) is 81.8 Å². The minimum absolute atomic E-state index is 0.00125. The molecule has 0 spiro atoms. The summed E-state index contributed by atoms with van der Waals surface area (Å²) in [5, 5.41) is 7.45. The highest BCUT2D eigenvalue weighted by molar-refractivity contribution is 8.77. The van der Waals surface area contributed by atoms with Crippen LogP contribution in [-0.4, -0.2) is 135 Å². The SMILES string of the molecule is CC=NOCCCSSC(C)(C)CN(CCOCCOCCOC)c1cc(COc2cc3c(cc2OC)C(=O)N2c4ccccc4C[C@H]2CN3)cc(COc2cc3c(cc2OC)C(=O)N2c4ccccc4C[C@H]2CN3C)c1. The van der Waals surface area contributed by atoms with Gasteiger partial charge >= 0.3 is 0 Å². The van der Waals surface area contributed by atoms with E-state index in [1.54, 1.807) is 33.6 Å². The van der Waals surface area contributed by atoms with Crippen LogP contribution in [0.1, 0.15) is 70.2 Å². The molecule has 0 unspecified atom stereocenters. The highest BCUT2D eigenvalue weighted by atomic mass is 33.1. The Morgan fingerprint density at radius 3 is 2.00 bits per heavy atom. The largest absolute Gasteiger partial charge is 0.493 e. The maximum Gasteiger partial charge on any atom is 0.260 e. The highest BCUT2D eigenvalue weighted by Gasteiger charge is 2.40. The second-order valence-corrected chi connectivity index (χ2v) is 23.2. The lowest BCUT2D eigenvalue weighted by Gasteiger charge is -2.34. The quantitative estimate of drug-likeness (QED) is 0.0230. The second kappa shape index (κ2) is 25.9. The third-order valence-electron chi connectivity index (χ3n) is 14.1. The van der Waals surface area contributed by atoms with Gasteiger partial charge in [-0.3, -0.25) is 9.59 Å². The standard InChI is InChI=1S/C59H72N6O10S2/c1-8-61-75-19-13-25-76-77-59(2,3)39-63(18-20-71-23-24-72-22-21-68-5)44-27-40(37-73-55-33-49-47(31-53(55)69-6)57(66)64-45(35-60-49)29-42-14-9-11-16-50(42)64)26-41(28-44)38-74-56-34-52-48(32-54(56)70-7)58(67)65-46(36-62(52)4)30-43-15-10-12-17-51(43)65/h8-12,14-17,26-28,31-34,45-46,60H,13,18-25,29-30,35-39H2,1-7H3/t45-,46-/m0/s1. The van der Waals surface area contributed by atoms with Crippen molar-refractivity contribution in [3.05, 3.63) is 124 Å². The number of hydrogen-bond donors (Lipinski definition) is 1. The molecule has 0 fully saturated rings. The number of methoxy groups -OCH3 is 3. The summed E-state index contributed by atoms with van der Waals surface area (Å²) in [6, 6.07) is 30.1. The van der Waals surface area contributed by atoms with Crippen LogP contribution in [0.3, 0.4) is 0 Å². The number of para-hydroxylation sites is 2. The van der Waals surface area contributed by atoms with Gasteiger partial charge < -0.3 is 62.9 Å². The molecule has 0 aromatic heterocycles. The van der Waals surface area contributed by atoms with Crippen molar-refractivity contribution in [1.82, 2.24) is 0 Å². The van der Waals surface area contributed by atoms with Crippen LogP contribution in [0, 0.1) is 0 Å². The highest BCUT2D eigenvalue weighted by Crippen LogP contribution is 2.44. The number of anilines is 5. The van der Waals surface area contributed by atoms with Crippen LogP contribution >= 0.6 is 21.6 Å². The molecule has 18 heteroatoms. The number of nitrogens with zero attached hydrogens (tertiary/aromatic N) is 5. The molecule has 4 heterocycles. The number of rotatable bonds is 27. The molecule has 5 aromatic rings. The maximum atomic E-state index is 14.4. The summed E-state index contributed by atoms with van der Waals surface area (Å²) in [4.78, 5) is 42.4. The summed E-state index contributed by atoms with van der Waals surface area (Å²) < 4.78 is 42.2. The van der Waals surface area contributed by atoms with E-state index in [9.17, 15) is 9.59 Å². The van der Waals surface area contributed by atoms with E-state index in [0.717, 1.165) is 58.9 Å². The van der Waals surface area contributed by atoms with Crippen molar-refractivity contribution in [2.45, 2.75) is 70.1 Å². The summed E-state index contributed by atoms with van der Waals surface area (Å²) in [5.74, 6) is 2.74. The first-order chi connectivity index (χ1) is 37.5. The number of oxime groups is 1. The van der Waals surface area contributed by atoms with Crippen LogP contribution in [0.5, 0.6) is 23.0 Å². The molecule has 9 rings (SSSR count). The normalized spacial score (nSPS) is 16.4. The number of carbonyl (C=O) groups excluding carboxylic acids is 2. The molecule has 410 valence electrons. The van der Waals surface area contributed by atoms with E-state index < -0.39 is 0 Å². The van der Waals surface area contributed by atoms with Gasteiger partial charge in [-0.1, -0.05) is 63.1 Å². The molecular weight excluding hydrogens is 1020 g/mol. The lowest BCUT2D eigenvalue weighted by molar-refractivity contribution is 0.0264. The van der Waals surface area contributed by atoms with Crippen molar-refractivity contribution in [2.24, 2.45) is 5.16 Å². The van der Waals surface area contributed by atoms with Crippen molar-refractivity contribution in [3.63, 3.8) is 0 Å². The molecule has 4 aliphatic heterocycles. The summed E-state index contributed by atoms with van der Waals surface area (Å²) in [5.41, 5.74) is 9.58. The third-order valence-corrected chi connectivity index (χ3v) is 17.4. The van der Waals surface area contributed by atoms with Gasteiger partial charge in [-0.2, -0.15) is 0 Å². The molecule has 4 aliphatic rings. The summed E-state index contributed by atoms with van der Waals surface area (Å²) in [6.45, 7) is 12.3. The van der Waals surface area contributed by atoms with E-state index in [-0.39, 0.29) is 41.9 Å². The monoisotopic (exact) mass is 1090 g/mol. The number of ether oxygens (including phenoxy) is 7. The van der Waals surface area contributed by atoms with Gasteiger partial charge in [0, 0.05) is 86.2 Å². The zero-order valence-corrected chi connectivity index (χ0v) is 47.0.